The predicted molar refractivity (Wildman–Crippen MR) is 93.2 cm³/mol. The number of benzene rings is 2. The fourth-order valence-corrected chi connectivity index (χ4v) is 3.02. The molecule has 0 radical (unpaired) electrons. The molecule has 1 aliphatic rings. The van der Waals surface area contributed by atoms with Crippen molar-refractivity contribution in [3.05, 3.63) is 65.7 Å². The maximum absolute atomic E-state index is 6.37. The summed E-state index contributed by atoms with van der Waals surface area (Å²) in [6, 6.07) is 19.3. The molecule has 3 rings (SSSR count). The summed E-state index contributed by atoms with van der Waals surface area (Å²) in [5.74, 6) is 0. The molecule has 1 unspecified atom stereocenters. The fraction of sp³-hybridized carbons (Fsp3) is 0.368. The molecule has 2 aromatic rings. The molecule has 1 aliphatic heterocycles. The zero-order valence-corrected chi connectivity index (χ0v) is 13.3. The zero-order chi connectivity index (χ0) is 15.4. The molecule has 0 spiro atoms. The Morgan fingerprint density at radius 1 is 0.909 bits per heavy atom. The highest BCUT2D eigenvalue weighted by atomic mass is 15.3. The van der Waals surface area contributed by atoms with Crippen LogP contribution < -0.4 is 10.6 Å². The van der Waals surface area contributed by atoms with Crippen molar-refractivity contribution in [1.82, 2.24) is 4.90 Å². The standard InChI is InChI=1S/C19H25N3/c1-16-7-9-17(10-8-16)19(20)15-21-11-13-22(14-12-21)18-5-3-2-4-6-18/h2-10,19H,11-15,20H2,1H3. The first-order valence-corrected chi connectivity index (χ1v) is 8.07. The van der Waals surface area contributed by atoms with E-state index in [1.807, 2.05) is 0 Å². The zero-order valence-electron chi connectivity index (χ0n) is 13.3. The van der Waals surface area contributed by atoms with Crippen LogP contribution in [0.2, 0.25) is 0 Å². The summed E-state index contributed by atoms with van der Waals surface area (Å²) in [6.07, 6.45) is 0. The van der Waals surface area contributed by atoms with Gasteiger partial charge in [-0.25, -0.2) is 0 Å². The maximum atomic E-state index is 6.37. The number of para-hydroxylation sites is 1. The van der Waals surface area contributed by atoms with E-state index in [0.29, 0.717) is 0 Å². The van der Waals surface area contributed by atoms with Crippen molar-refractivity contribution in [1.29, 1.82) is 0 Å². The largest absolute Gasteiger partial charge is 0.369 e. The molecule has 0 bridgehead atoms. The van der Waals surface area contributed by atoms with E-state index < -0.39 is 0 Å². The quantitative estimate of drug-likeness (QED) is 0.941. The van der Waals surface area contributed by atoms with Crippen LogP contribution in [0.5, 0.6) is 0 Å². The number of rotatable bonds is 4. The van der Waals surface area contributed by atoms with E-state index in [2.05, 4.69) is 71.3 Å². The number of aryl methyl sites for hydroxylation is 1. The second-order valence-electron chi connectivity index (χ2n) is 6.14. The van der Waals surface area contributed by atoms with E-state index in [0.717, 1.165) is 32.7 Å². The molecule has 1 fully saturated rings. The van der Waals surface area contributed by atoms with Crippen molar-refractivity contribution in [3.63, 3.8) is 0 Å². The van der Waals surface area contributed by atoms with E-state index in [9.17, 15) is 0 Å². The average Bonchev–Trinajstić information content (AvgIpc) is 2.57. The molecular weight excluding hydrogens is 270 g/mol. The molecule has 0 aliphatic carbocycles. The van der Waals surface area contributed by atoms with Crippen LogP contribution in [0, 0.1) is 6.92 Å². The Bertz CT molecular complexity index is 571. The summed E-state index contributed by atoms with van der Waals surface area (Å²) in [5.41, 5.74) is 10.2. The van der Waals surface area contributed by atoms with E-state index in [1.165, 1.54) is 16.8 Å². The van der Waals surface area contributed by atoms with Crippen LogP contribution in [0.3, 0.4) is 0 Å². The minimum atomic E-state index is 0.101. The van der Waals surface area contributed by atoms with Gasteiger partial charge in [-0.1, -0.05) is 48.0 Å². The van der Waals surface area contributed by atoms with Gasteiger partial charge in [0.25, 0.3) is 0 Å². The number of nitrogens with zero attached hydrogens (tertiary/aromatic N) is 2. The van der Waals surface area contributed by atoms with E-state index in [4.69, 9.17) is 5.73 Å². The summed E-state index contributed by atoms with van der Waals surface area (Å²) in [7, 11) is 0. The molecule has 1 saturated heterocycles. The van der Waals surface area contributed by atoms with E-state index >= 15 is 0 Å². The van der Waals surface area contributed by atoms with Crippen LogP contribution in [0.4, 0.5) is 5.69 Å². The lowest BCUT2D eigenvalue weighted by Gasteiger charge is -2.37. The topological polar surface area (TPSA) is 32.5 Å². The molecule has 2 aromatic carbocycles. The second kappa shape index (κ2) is 6.95. The summed E-state index contributed by atoms with van der Waals surface area (Å²) in [6.45, 7) is 7.35. The van der Waals surface area contributed by atoms with Gasteiger partial charge in [0.15, 0.2) is 0 Å². The van der Waals surface area contributed by atoms with Crippen molar-refractivity contribution in [2.75, 3.05) is 37.6 Å². The Morgan fingerprint density at radius 2 is 1.55 bits per heavy atom. The molecular formula is C19H25N3. The Labute approximate surface area is 133 Å². The Morgan fingerprint density at radius 3 is 2.18 bits per heavy atom. The Hall–Kier alpha value is -1.84. The monoisotopic (exact) mass is 295 g/mol. The van der Waals surface area contributed by atoms with Gasteiger partial charge in [0.2, 0.25) is 0 Å². The van der Waals surface area contributed by atoms with Crippen molar-refractivity contribution in [2.24, 2.45) is 5.73 Å². The lowest BCUT2D eigenvalue weighted by atomic mass is 10.1. The smallest absolute Gasteiger partial charge is 0.0424 e. The highest BCUT2D eigenvalue weighted by Gasteiger charge is 2.19. The lowest BCUT2D eigenvalue weighted by molar-refractivity contribution is 0.243. The van der Waals surface area contributed by atoms with Gasteiger partial charge in [0.1, 0.15) is 0 Å². The first-order chi connectivity index (χ1) is 10.7. The third-order valence-electron chi connectivity index (χ3n) is 4.45. The van der Waals surface area contributed by atoms with Crippen LogP contribution >= 0.6 is 0 Å². The third kappa shape index (κ3) is 3.67. The van der Waals surface area contributed by atoms with Gasteiger partial charge < -0.3 is 10.6 Å². The Balaban J connectivity index is 1.52. The number of nitrogens with two attached hydrogens (primary N) is 1. The highest BCUT2D eigenvalue weighted by molar-refractivity contribution is 5.46. The molecule has 0 amide bonds. The number of piperazine rings is 1. The second-order valence-corrected chi connectivity index (χ2v) is 6.14. The van der Waals surface area contributed by atoms with Crippen LogP contribution in [-0.2, 0) is 0 Å². The van der Waals surface area contributed by atoms with Gasteiger partial charge in [0.05, 0.1) is 0 Å². The Kier molecular flexibility index (Phi) is 4.76. The summed E-state index contributed by atoms with van der Waals surface area (Å²) in [4.78, 5) is 4.93. The average molecular weight is 295 g/mol. The van der Waals surface area contributed by atoms with E-state index in [-0.39, 0.29) is 6.04 Å². The molecule has 1 heterocycles. The minimum absolute atomic E-state index is 0.101. The molecule has 22 heavy (non-hydrogen) atoms. The predicted octanol–water partition coefficient (Wildman–Crippen LogP) is 2.82. The first kappa shape index (κ1) is 15.1. The van der Waals surface area contributed by atoms with E-state index in [1.54, 1.807) is 0 Å². The molecule has 116 valence electrons. The summed E-state index contributed by atoms with van der Waals surface area (Å²) < 4.78 is 0. The molecule has 3 heteroatoms. The number of anilines is 1. The number of hydrogen-bond acceptors (Lipinski definition) is 3. The van der Waals surface area contributed by atoms with Crippen molar-refractivity contribution >= 4 is 5.69 Å². The molecule has 3 nitrogen and oxygen atoms in total. The van der Waals surface area contributed by atoms with Gasteiger partial charge >= 0.3 is 0 Å². The maximum Gasteiger partial charge on any atom is 0.0424 e. The SMILES string of the molecule is Cc1ccc(C(N)CN2CCN(c3ccccc3)CC2)cc1. The molecule has 1 atom stereocenters. The highest BCUT2D eigenvalue weighted by Crippen LogP contribution is 2.18. The van der Waals surface area contributed by atoms with Gasteiger partial charge in [-0.15, -0.1) is 0 Å². The van der Waals surface area contributed by atoms with Crippen molar-refractivity contribution in [2.45, 2.75) is 13.0 Å². The van der Waals surface area contributed by atoms with Gasteiger partial charge in [-0.3, -0.25) is 4.90 Å². The van der Waals surface area contributed by atoms with Gasteiger partial charge in [-0.2, -0.15) is 0 Å². The fourth-order valence-electron chi connectivity index (χ4n) is 3.02. The van der Waals surface area contributed by atoms with Gasteiger partial charge in [0, 0.05) is 44.5 Å². The first-order valence-electron chi connectivity index (χ1n) is 8.07. The minimum Gasteiger partial charge on any atom is -0.369 e. The van der Waals surface area contributed by atoms with Crippen LogP contribution in [0.25, 0.3) is 0 Å². The number of hydrogen-bond donors (Lipinski definition) is 1. The molecule has 0 saturated carbocycles. The summed E-state index contributed by atoms with van der Waals surface area (Å²) >= 11 is 0. The third-order valence-corrected chi connectivity index (χ3v) is 4.45. The molecule has 2 N–H and O–H groups in total. The van der Waals surface area contributed by atoms with Crippen molar-refractivity contribution < 1.29 is 0 Å². The van der Waals surface area contributed by atoms with Crippen molar-refractivity contribution in [3.8, 4) is 0 Å². The van der Waals surface area contributed by atoms with Gasteiger partial charge in [-0.05, 0) is 24.6 Å². The summed E-state index contributed by atoms with van der Waals surface area (Å²) in [5, 5.41) is 0. The van der Waals surface area contributed by atoms with Crippen LogP contribution in [-0.4, -0.2) is 37.6 Å². The lowest BCUT2D eigenvalue weighted by Crippen LogP contribution is -2.48. The van der Waals surface area contributed by atoms with Crippen LogP contribution in [0.1, 0.15) is 17.2 Å². The normalized spacial score (nSPS) is 17.5. The van der Waals surface area contributed by atoms with Crippen LogP contribution in [0.15, 0.2) is 54.6 Å². The molecule has 0 aromatic heterocycles.